The average Bonchev–Trinajstić information content (AvgIpc) is 2.41. The van der Waals surface area contributed by atoms with Crippen molar-refractivity contribution in [2.45, 2.75) is 13.1 Å². The molecule has 3 N–H and O–H groups in total. The van der Waals surface area contributed by atoms with E-state index in [1.165, 1.54) is 12.1 Å². The van der Waals surface area contributed by atoms with Gasteiger partial charge in [0.15, 0.2) is 0 Å². The van der Waals surface area contributed by atoms with Gasteiger partial charge >= 0.3 is 0 Å². The van der Waals surface area contributed by atoms with Crippen LogP contribution in [-0.4, -0.2) is 5.91 Å². The monoisotopic (exact) mass is 258 g/mol. The molecule has 98 valence electrons. The second-order valence-corrected chi connectivity index (χ2v) is 4.26. The lowest BCUT2D eigenvalue weighted by molar-refractivity contribution is 0.1000. The van der Waals surface area contributed by atoms with Crippen LogP contribution in [0.15, 0.2) is 48.5 Å². The number of halogens is 1. The van der Waals surface area contributed by atoms with E-state index in [0.717, 1.165) is 5.56 Å². The molecule has 1 amide bonds. The minimum atomic E-state index is -0.623. The summed E-state index contributed by atoms with van der Waals surface area (Å²) in [5, 5.41) is 3.15. The Balaban J connectivity index is 1.95. The first-order valence-corrected chi connectivity index (χ1v) is 5.99. The fourth-order valence-electron chi connectivity index (χ4n) is 1.78. The third kappa shape index (κ3) is 3.63. The highest BCUT2D eigenvalue weighted by atomic mass is 19.1. The average molecular weight is 258 g/mol. The summed E-state index contributed by atoms with van der Waals surface area (Å²) in [5.41, 5.74) is 6.92. The van der Waals surface area contributed by atoms with E-state index in [0.29, 0.717) is 18.7 Å². The highest BCUT2D eigenvalue weighted by molar-refractivity contribution is 5.92. The van der Waals surface area contributed by atoms with E-state index < -0.39 is 11.7 Å². The molecule has 2 aromatic rings. The van der Waals surface area contributed by atoms with Crippen LogP contribution in [0.2, 0.25) is 0 Å². The Hall–Kier alpha value is -2.20. The molecule has 2 rings (SSSR count). The molecule has 0 unspecified atom stereocenters. The fraction of sp³-hybridized carbons (Fsp3) is 0.133. The van der Waals surface area contributed by atoms with Gasteiger partial charge < -0.3 is 11.1 Å². The quantitative estimate of drug-likeness (QED) is 0.864. The van der Waals surface area contributed by atoms with E-state index in [9.17, 15) is 9.18 Å². The third-order valence-electron chi connectivity index (χ3n) is 2.82. The molecule has 0 aliphatic carbocycles. The lowest BCUT2D eigenvalue weighted by Crippen LogP contribution is -2.15. The second-order valence-electron chi connectivity index (χ2n) is 4.26. The number of hydrogen-bond acceptors (Lipinski definition) is 2. The topological polar surface area (TPSA) is 55.1 Å². The van der Waals surface area contributed by atoms with Crippen molar-refractivity contribution >= 4 is 5.91 Å². The molecule has 19 heavy (non-hydrogen) atoms. The number of nitrogens with two attached hydrogens (primary N) is 1. The molecular weight excluding hydrogens is 243 g/mol. The molecule has 3 nitrogen and oxygen atoms in total. The van der Waals surface area contributed by atoms with E-state index in [2.05, 4.69) is 5.32 Å². The van der Waals surface area contributed by atoms with Gasteiger partial charge in [-0.15, -0.1) is 0 Å². The Kier molecular flexibility index (Phi) is 4.26. The van der Waals surface area contributed by atoms with Gasteiger partial charge in [-0.25, -0.2) is 4.39 Å². The van der Waals surface area contributed by atoms with E-state index in [-0.39, 0.29) is 5.56 Å². The van der Waals surface area contributed by atoms with Crippen LogP contribution in [-0.2, 0) is 13.1 Å². The molecule has 0 fully saturated rings. The van der Waals surface area contributed by atoms with Crippen LogP contribution in [0.3, 0.4) is 0 Å². The van der Waals surface area contributed by atoms with Crippen LogP contribution in [0.4, 0.5) is 4.39 Å². The first-order chi connectivity index (χ1) is 9.16. The zero-order valence-corrected chi connectivity index (χ0v) is 10.4. The van der Waals surface area contributed by atoms with Crippen LogP contribution in [0.5, 0.6) is 0 Å². The van der Waals surface area contributed by atoms with E-state index >= 15 is 0 Å². The van der Waals surface area contributed by atoms with Gasteiger partial charge in [0.1, 0.15) is 5.82 Å². The number of rotatable bonds is 5. The van der Waals surface area contributed by atoms with Crippen LogP contribution >= 0.6 is 0 Å². The van der Waals surface area contributed by atoms with Gasteiger partial charge in [-0.2, -0.15) is 0 Å². The number of benzene rings is 2. The maximum absolute atomic E-state index is 13.7. The molecule has 0 spiro atoms. The summed E-state index contributed by atoms with van der Waals surface area (Å²) < 4.78 is 13.7. The molecule has 2 aromatic carbocycles. The first kappa shape index (κ1) is 13.2. The van der Waals surface area contributed by atoms with Crippen LogP contribution < -0.4 is 11.1 Å². The van der Waals surface area contributed by atoms with Gasteiger partial charge in [0.05, 0.1) is 0 Å². The number of hydrogen-bond donors (Lipinski definition) is 2. The molecule has 0 saturated heterocycles. The van der Waals surface area contributed by atoms with Crippen molar-refractivity contribution in [1.29, 1.82) is 0 Å². The van der Waals surface area contributed by atoms with Crippen LogP contribution in [0.25, 0.3) is 0 Å². The van der Waals surface area contributed by atoms with Gasteiger partial charge in [-0.3, -0.25) is 4.79 Å². The van der Waals surface area contributed by atoms with E-state index in [1.54, 1.807) is 6.07 Å². The van der Waals surface area contributed by atoms with Gasteiger partial charge in [-0.1, -0.05) is 36.4 Å². The molecule has 4 heteroatoms. The Morgan fingerprint density at radius 1 is 1.11 bits per heavy atom. The van der Waals surface area contributed by atoms with Crippen LogP contribution in [0.1, 0.15) is 21.5 Å². The minimum absolute atomic E-state index is 0.185. The van der Waals surface area contributed by atoms with Gasteiger partial charge in [0.25, 0.3) is 0 Å². The highest BCUT2D eigenvalue weighted by Gasteiger charge is 2.06. The molecule has 0 bridgehead atoms. The van der Waals surface area contributed by atoms with Crippen molar-refractivity contribution < 1.29 is 9.18 Å². The molecule has 0 heterocycles. The minimum Gasteiger partial charge on any atom is -0.366 e. The summed E-state index contributed by atoms with van der Waals surface area (Å²) in [5.74, 6) is -1.04. The molecule has 0 aromatic heterocycles. The SMILES string of the molecule is NC(=O)c1ccc(CNCc2ccccc2)c(F)c1. The predicted octanol–water partition coefficient (Wildman–Crippen LogP) is 2.21. The molecule has 0 aliphatic rings. The number of carbonyl (C=O) groups is 1. The summed E-state index contributed by atoms with van der Waals surface area (Å²) in [7, 11) is 0. The lowest BCUT2D eigenvalue weighted by atomic mass is 10.1. The molecular formula is C15H15FN2O. The maximum Gasteiger partial charge on any atom is 0.248 e. The van der Waals surface area contributed by atoms with Crippen molar-refractivity contribution in [3.05, 3.63) is 71.0 Å². The Morgan fingerprint density at radius 3 is 2.47 bits per heavy atom. The highest BCUT2D eigenvalue weighted by Crippen LogP contribution is 2.10. The van der Waals surface area contributed by atoms with Gasteiger partial charge in [-0.05, 0) is 17.7 Å². The Morgan fingerprint density at radius 2 is 1.84 bits per heavy atom. The van der Waals surface area contributed by atoms with Gasteiger partial charge in [0.2, 0.25) is 5.91 Å². The zero-order valence-electron chi connectivity index (χ0n) is 10.4. The number of amides is 1. The largest absolute Gasteiger partial charge is 0.366 e. The van der Waals surface area contributed by atoms with Crippen molar-refractivity contribution in [2.75, 3.05) is 0 Å². The van der Waals surface area contributed by atoms with Crippen LogP contribution in [0, 0.1) is 5.82 Å². The Bertz CT molecular complexity index is 570. The van der Waals surface area contributed by atoms with Crippen molar-refractivity contribution in [3.63, 3.8) is 0 Å². The second kappa shape index (κ2) is 6.11. The van der Waals surface area contributed by atoms with Crippen molar-refractivity contribution in [3.8, 4) is 0 Å². The predicted molar refractivity (Wildman–Crippen MR) is 71.9 cm³/mol. The van der Waals surface area contributed by atoms with E-state index in [4.69, 9.17) is 5.73 Å². The summed E-state index contributed by atoms with van der Waals surface area (Å²) >= 11 is 0. The van der Waals surface area contributed by atoms with Gasteiger partial charge in [0, 0.05) is 24.2 Å². The smallest absolute Gasteiger partial charge is 0.248 e. The number of primary amides is 1. The Labute approximate surface area is 111 Å². The zero-order chi connectivity index (χ0) is 13.7. The molecule has 0 saturated carbocycles. The first-order valence-electron chi connectivity index (χ1n) is 5.99. The van der Waals surface area contributed by atoms with Crippen molar-refractivity contribution in [2.24, 2.45) is 5.73 Å². The summed E-state index contributed by atoms with van der Waals surface area (Å²) in [6, 6.07) is 14.1. The lowest BCUT2D eigenvalue weighted by Gasteiger charge is -2.07. The standard InChI is InChI=1S/C15H15FN2O/c16-14-8-12(15(17)19)6-7-13(14)10-18-9-11-4-2-1-3-5-11/h1-8,18H,9-10H2,(H2,17,19). The number of carbonyl (C=O) groups excluding carboxylic acids is 1. The fourth-order valence-corrected chi connectivity index (χ4v) is 1.78. The van der Waals surface area contributed by atoms with Crippen molar-refractivity contribution in [1.82, 2.24) is 5.32 Å². The summed E-state index contributed by atoms with van der Waals surface area (Å²) in [4.78, 5) is 10.9. The maximum atomic E-state index is 13.7. The number of nitrogens with one attached hydrogen (secondary N) is 1. The summed E-state index contributed by atoms with van der Waals surface area (Å²) in [6.45, 7) is 1.07. The third-order valence-corrected chi connectivity index (χ3v) is 2.82. The molecule has 0 radical (unpaired) electrons. The van der Waals surface area contributed by atoms with E-state index in [1.807, 2.05) is 30.3 Å². The molecule has 0 aliphatic heterocycles. The molecule has 0 atom stereocenters. The normalized spacial score (nSPS) is 10.4. The summed E-state index contributed by atoms with van der Waals surface area (Å²) in [6.07, 6.45) is 0.